The Hall–Kier alpha value is -2.50. The summed E-state index contributed by atoms with van der Waals surface area (Å²) >= 11 is 0. The maximum absolute atomic E-state index is 13.2. The van der Waals surface area contributed by atoms with E-state index in [1.807, 2.05) is 6.07 Å². The minimum atomic E-state index is -4.38. The molecule has 0 amide bonds. The van der Waals surface area contributed by atoms with Crippen molar-refractivity contribution in [2.45, 2.75) is 18.2 Å². The molecule has 1 atom stereocenters. The number of hydrogen-bond acceptors (Lipinski definition) is 3. The van der Waals surface area contributed by atoms with Crippen LogP contribution in [0.15, 0.2) is 59.6 Å². The summed E-state index contributed by atoms with van der Waals surface area (Å²) in [5, 5.41) is 0. The lowest BCUT2D eigenvalue weighted by atomic mass is 9.90. The van der Waals surface area contributed by atoms with Crippen molar-refractivity contribution in [2.75, 3.05) is 13.7 Å². The van der Waals surface area contributed by atoms with Gasteiger partial charge in [-0.25, -0.2) is 4.99 Å². The van der Waals surface area contributed by atoms with Gasteiger partial charge in [0.2, 0.25) is 5.90 Å². The third-order valence-corrected chi connectivity index (χ3v) is 3.87. The Kier molecular flexibility index (Phi) is 4.22. The average Bonchev–Trinajstić information content (AvgIpc) is 2.99. The first-order chi connectivity index (χ1) is 11.4. The maximum Gasteiger partial charge on any atom is 0.393 e. The van der Waals surface area contributed by atoms with Gasteiger partial charge in [0.05, 0.1) is 20.1 Å². The first-order valence-corrected chi connectivity index (χ1v) is 7.42. The molecule has 0 spiro atoms. The van der Waals surface area contributed by atoms with Crippen LogP contribution in [0.2, 0.25) is 0 Å². The molecule has 0 aliphatic carbocycles. The Morgan fingerprint density at radius 3 is 2.54 bits per heavy atom. The monoisotopic (exact) mass is 335 g/mol. The molecule has 0 N–H and O–H groups in total. The lowest BCUT2D eigenvalue weighted by Gasteiger charge is -2.30. The van der Waals surface area contributed by atoms with Crippen molar-refractivity contribution in [3.8, 4) is 5.75 Å². The van der Waals surface area contributed by atoms with Crippen LogP contribution in [0.5, 0.6) is 5.75 Å². The smallest absolute Gasteiger partial charge is 0.393 e. The van der Waals surface area contributed by atoms with Crippen molar-refractivity contribution in [3.05, 3.63) is 65.7 Å². The van der Waals surface area contributed by atoms with Crippen molar-refractivity contribution in [1.29, 1.82) is 0 Å². The van der Waals surface area contributed by atoms with Crippen LogP contribution in [0, 0.1) is 0 Å². The second-order valence-electron chi connectivity index (χ2n) is 5.61. The molecule has 0 saturated heterocycles. The van der Waals surface area contributed by atoms with Gasteiger partial charge in [-0.1, -0.05) is 30.3 Å². The van der Waals surface area contributed by atoms with Gasteiger partial charge < -0.3 is 9.47 Å². The Balaban J connectivity index is 1.97. The minimum Gasteiger partial charge on any atom is -0.497 e. The SMILES string of the molecule is COc1cccc(C2(CC(F)(F)F)CN=C(c3ccccc3)O2)c1. The number of nitrogens with zero attached hydrogens (tertiary/aromatic N) is 1. The molecule has 126 valence electrons. The average molecular weight is 335 g/mol. The molecule has 0 aromatic heterocycles. The molecule has 1 aliphatic heterocycles. The van der Waals surface area contributed by atoms with Gasteiger partial charge >= 0.3 is 6.18 Å². The predicted molar refractivity (Wildman–Crippen MR) is 84.3 cm³/mol. The predicted octanol–water partition coefficient (Wildman–Crippen LogP) is 4.32. The Morgan fingerprint density at radius 2 is 1.88 bits per heavy atom. The van der Waals surface area contributed by atoms with Crippen molar-refractivity contribution in [1.82, 2.24) is 0 Å². The number of benzene rings is 2. The van der Waals surface area contributed by atoms with E-state index in [0.29, 0.717) is 16.9 Å². The molecule has 1 aliphatic rings. The zero-order valence-electron chi connectivity index (χ0n) is 13.0. The number of halogens is 3. The van der Waals surface area contributed by atoms with E-state index < -0.39 is 18.2 Å². The number of rotatable bonds is 4. The molecule has 3 nitrogen and oxygen atoms in total. The first-order valence-electron chi connectivity index (χ1n) is 7.42. The summed E-state index contributed by atoms with van der Waals surface area (Å²) in [5.74, 6) is 0.702. The van der Waals surface area contributed by atoms with Crippen LogP contribution in [-0.4, -0.2) is 25.7 Å². The van der Waals surface area contributed by atoms with E-state index in [2.05, 4.69) is 4.99 Å². The van der Waals surface area contributed by atoms with Crippen LogP contribution in [0.4, 0.5) is 13.2 Å². The number of hydrogen-bond donors (Lipinski definition) is 0. The second kappa shape index (κ2) is 6.19. The normalized spacial score (nSPS) is 20.4. The molecule has 3 rings (SSSR count). The van der Waals surface area contributed by atoms with Crippen LogP contribution < -0.4 is 4.74 Å². The molecule has 0 radical (unpaired) electrons. The van der Waals surface area contributed by atoms with Gasteiger partial charge in [-0.15, -0.1) is 0 Å². The van der Waals surface area contributed by atoms with Crippen molar-refractivity contribution in [2.24, 2.45) is 4.99 Å². The van der Waals surface area contributed by atoms with E-state index in [1.54, 1.807) is 48.5 Å². The standard InChI is InChI=1S/C18H16F3NO2/c1-23-15-9-5-8-14(10-15)17(11-18(19,20)21)12-22-16(24-17)13-6-3-2-4-7-13/h2-10H,11-12H2,1H3. The van der Waals surface area contributed by atoms with E-state index in [-0.39, 0.29) is 12.4 Å². The second-order valence-corrected chi connectivity index (χ2v) is 5.61. The van der Waals surface area contributed by atoms with Gasteiger partial charge in [0.15, 0.2) is 5.60 Å². The van der Waals surface area contributed by atoms with E-state index in [9.17, 15) is 13.2 Å². The zero-order valence-corrected chi connectivity index (χ0v) is 13.0. The molecule has 6 heteroatoms. The van der Waals surface area contributed by atoms with Gasteiger partial charge in [0.1, 0.15) is 5.75 Å². The summed E-state index contributed by atoms with van der Waals surface area (Å²) in [6, 6.07) is 15.4. The highest BCUT2D eigenvalue weighted by atomic mass is 19.4. The number of methoxy groups -OCH3 is 1. The van der Waals surface area contributed by atoms with E-state index in [1.165, 1.54) is 7.11 Å². The number of aliphatic imine (C=N–C) groups is 1. The highest BCUT2D eigenvalue weighted by Gasteiger charge is 2.49. The lowest BCUT2D eigenvalue weighted by molar-refractivity contribution is -0.170. The van der Waals surface area contributed by atoms with Gasteiger partial charge in [-0.2, -0.15) is 13.2 Å². The van der Waals surface area contributed by atoms with Gasteiger partial charge in [-0.3, -0.25) is 0 Å². The molecule has 2 aromatic carbocycles. The molecular weight excluding hydrogens is 319 g/mol. The molecule has 1 heterocycles. The molecule has 2 aromatic rings. The van der Waals surface area contributed by atoms with Crippen LogP contribution in [0.3, 0.4) is 0 Å². The Labute approximate surface area is 137 Å². The Bertz CT molecular complexity index is 743. The van der Waals surface area contributed by atoms with Gasteiger partial charge in [-0.05, 0) is 24.3 Å². The highest BCUT2D eigenvalue weighted by Crippen LogP contribution is 2.42. The third kappa shape index (κ3) is 3.37. The molecule has 0 bridgehead atoms. The first kappa shape index (κ1) is 16.4. The molecule has 24 heavy (non-hydrogen) atoms. The van der Waals surface area contributed by atoms with E-state index >= 15 is 0 Å². The maximum atomic E-state index is 13.2. The van der Waals surface area contributed by atoms with Crippen molar-refractivity contribution >= 4 is 5.90 Å². The molecule has 1 unspecified atom stereocenters. The van der Waals surface area contributed by atoms with Crippen LogP contribution in [-0.2, 0) is 10.3 Å². The zero-order chi connectivity index (χ0) is 17.2. The topological polar surface area (TPSA) is 30.8 Å². The van der Waals surface area contributed by atoms with Crippen LogP contribution in [0.1, 0.15) is 17.5 Å². The fourth-order valence-corrected chi connectivity index (χ4v) is 2.75. The fourth-order valence-electron chi connectivity index (χ4n) is 2.75. The lowest BCUT2D eigenvalue weighted by Crippen LogP contribution is -2.36. The summed E-state index contributed by atoms with van der Waals surface area (Å²) < 4.78 is 50.5. The summed E-state index contributed by atoms with van der Waals surface area (Å²) in [6.07, 6.45) is -5.50. The Morgan fingerprint density at radius 1 is 1.12 bits per heavy atom. The largest absolute Gasteiger partial charge is 0.497 e. The quantitative estimate of drug-likeness (QED) is 0.833. The summed E-state index contributed by atoms with van der Waals surface area (Å²) in [4.78, 5) is 4.23. The molecular formula is C18H16F3NO2. The third-order valence-electron chi connectivity index (χ3n) is 3.87. The van der Waals surface area contributed by atoms with Gasteiger partial charge in [0.25, 0.3) is 0 Å². The van der Waals surface area contributed by atoms with Crippen LogP contribution >= 0.6 is 0 Å². The minimum absolute atomic E-state index is 0.0933. The number of ether oxygens (including phenoxy) is 2. The summed E-state index contributed by atoms with van der Waals surface area (Å²) in [6.45, 7) is -0.0933. The number of alkyl halides is 3. The molecule has 0 saturated carbocycles. The van der Waals surface area contributed by atoms with Crippen LogP contribution in [0.25, 0.3) is 0 Å². The summed E-state index contributed by atoms with van der Waals surface area (Å²) in [5.41, 5.74) is -0.517. The van der Waals surface area contributed by atoms with Crippen molar-refractivity contribution < 1.29 is 22.6 Å². The fraction of sp³-hybridized carbons (Fsp3) is 0.278. The van der Waals surface area contributed by atoms with E-state index in [0.717, 1.165) is 0 Å². The summed E-state index contributed by atoms with van der Waals surface area (Å²) in [7, 11) is 1.47. The highest BCUT2D eigenvalue weighted by molar-refractivity contribution is 5.95. The van der Waals surface area contributed by atoms with Crippen molar-refractivity contribution in [3.63, 3.8) is 0 Å². The van der Waals surface area contributed by atoms with Gasteiger partial charge in [0, 0.05) is 11.1 Å². The van der Waals surface area contributed by atoms with E-state index in [4.69, 9.17) is 9.47 Å². The molecule has 0 fully saturated rings.